The van der Waals surface area contributed by atoms with Crippen LogP contribution in [0, 0.1) is 0 Å². The van der Waals surface area contributed by atoms with E-state index in [0.717, 1.165) is 0 Å². The van der Waals surface area contributed by atoms with E-state index in [1.54, 1.807) is 0 Å². The topological polar surface area (TPSA) is 62.1 Å². The van der Waals surface area contributed by atoms with E-state index in [1.807, 2.05) is 18.7 Å². The number of hydrogen-bond acceptors (Lipinski definition) is 5. The molecule has 1 aromatic heterocycles. The van der Waals surface area contributed by atoms with E-state index in [9.17, 15) is 0 Å². The van der Waals surface area contributed by atoms with Crippen LogP contribution >= 0.6 is 23.2 Å². The summed E-state index contributed by atoms with van der Waals surface area (Å²) in [6, 6.07) is 0.191. The minimum absolute atomic E-state index is 0.0639. The molecule has 16 heavy (non-hydrogen) atoms. The molecule has 1 N–H and O–H groups in total. The zero-order valence-electron chi connectivity index (χ0n) is 9.19. The van der Waals surface area contributed by atoms with Crippen molar-refractivity contribution in [1.82, 2.24) is 15.2 Å². The minimum Gasteiger partial charge on any atom is -0.396 e. The molecule has 0 aliphatic rings. The van der Waals surface area contributed by atoms with Crippen LogP contribution in [0.25, 0.3) is 0 Å². The highest BCUT2D eigenvalue weighted by Gasteiger charge is 2.17. The van der Waals surface area contributed by atoms with Crippen molar-refractivity contribution in [1.29, 1.82) is 0 Å². The average molecular weight is 265 g/mol. The van der Waals surface area contributed by atoms with Crippen molar-refractivity contribution < 1.29 is 5.11 Å². The van der Waals surface area contributed by atoms with Crippen molar-refractivity contribution >= 4 is 29.0 Å². The Labute approximate surface area is 104 Å². The number of rotatable bonds is 5. The lowest BCUT2D eigenvalue weighted by Gasteiger charge is -2.27. The van der Waals surface area contributed by atoms with Crippen molar-refractivity contribution in [3.8, 4) is 0 Å². The first kappa shape index (κ1) is 13.4. The Bertz CT molecular complexity index is 348. The second kappa shape index (κ2) is 6.18. The summed E-state index contributed by atoms with van der Waals surface area (Å²) in [4.78, 5) is 5.98. The van der Waals surface area contributed by atoms with Crippen LogP contribution in [0.3, 0.4) is 0 Å². The molecular weight excluding hydrogens is 251 g/mol. The third-order valence-electron chi connectivity index (χ3n) is 2.06. The molecule has 5 nitrogen and oxygen atoms in total. The summed E-state index contributed by atoms with van der Waals surface area (Å²) in [5.74, 6) is 0.505. The third kappa shape index (κ3) is 3.43. The molecule has 0 bridgehead atoms. The van der Waals surface area contributed by atoms with Gasteiger partial charge in [0, 0.05) is 19.2 Å². The molecule has 1 aromatic rings. The molecule has 0 radical (unpaired) electrons. The molecule has 1 rings (SSSR count). The van der Waals surface area contributed by atoms with E-state index in [2.05, 4.69) is 15.2 Å². The highest BCUT2D eigenvalue weighted by molar-refractivity contribution is 6.32. The van der Waals surface area contributed by atoms with Crippen LogP contribution in [0.2, 0.25) is 10.4 Å². The maximum absolute atomic E-state index is 8.83. The van der Waals surface area contributed by atoms with Gasteiger partial charge in [-0.15, -0.1) is 10.2 Å². The van der Waals surface area contributed by atoms with Gasteiger partial charge in [-0.1, -0.05) is 11.6 Å². The van der Waals surface area contributed by atoms with Crippen LogP contribution in [0.4, 0.5) is 5.82 Å². The van der Waals surface area contributed by atoms with Crippen LogP contribution in [0.5, 0.6) is 0 Å². The Morgan fingerprint density at radius 2 is 2.00 bits per heavy atom. The number of anilines is 1. The molecule has 0 aromatic carbocycles. The van der Waals surface area contributed by atoms with Gasteiger partial charge in [0.25, 0.3) is 0 Å². The number of aromatic nitrogens is 3. The van der Waals surface area contributed by atoms with Crippen molar-refractivity contribution in [2.24, 2.45) is 0 Å². The fraction of sp³-hybridized carbons (Fsp3) is 0.667. The Balaban J connectivity index is 2.95. The Morgan fingerprint density at radius 1 is 1.31 bits per heavy atom. The van der Waals surface area contributed by atoms with Crippen LogP contribution in [0.15, 0.2) is 0 Å². The number of nitrogens with zero attached hydrogens (tertiary/aromatic N) is 4. The summed E-state index contributed by atoms with van der Waals surface area (Å²) in [6.07, 6.45) is 0.635. The summed E-state index contributed by atoms with van der Waals surface area (Å²) in [5, 5.41) is 16.4. The van der Waals surface area contributed by atoms with Crippen molar-refractivity contribution in [2.75, 3.05) is 18.1 Å². The minimum atomic E-state index is 0.0639. The molecule has 1 heterocycles. The van der Waals surface area contributed by atoms with Gasteiger partial charge in [0.05, 0.1) is 0 Å². The van der Waals surface area contributed by atoms with E-state index in [4.69, 9.17) is 28.3 Å². The SMILES string of the molecule is CC(C)N(CCCO)c1nc(Cl)nnc1Cl. The van der Waals surface area contributed by atoms with Gasteiger partial charge in [0.2, 0.25) is 5.28 Å². The van der Waals surface area contributed by atoms with Gasteiger partial charge in [0.1, 0.15) is 0 Å². The molecule has 0 aliphatic carbocycles. The lowest BCUT2D eigenvalue weighted by molar-refractivity contribution is 0.288. The zero-order chi connectivity index (χ0) is 12.1. The molecule has 90 valence electrons. The van der Waals surface area contributed by atoms with Gasteiger partial charge in [-0.2, -0.15) is 4.98 Å². The first-order chi connectivity index (χ1) is 7.56. The van der Waals surface area contributed by atoms with Gasteiger partial charge >= 0.3 is 0 Å². The Morgan fingerprint density at radius 3 is 2.56 bits per heavy atom. The van der Waals surface area contributed by atoms with Gasteiger partial charge in [-0.3, -0.25) is 0 Å². The quantitative estimate of drug-likeness (QED) is 0.879. The summed E-state index contributed by atoms with van der Waals surface area (Å²) < 4.78 is 0. The fourth-order valence-corrected chi connectivity index (χ4v) is 1.62. The largest absolute Gasteiger partial charge is 0.396 e. The van der Waals surface area contributed by atoms with E-state index >= 15 is 0 Å². The summed E-state index contributed by atoms with van der Waals surface area (Å²) in [6.45, 7) is 4.77. The predicted octanol–water partition coefficient (Wildman–Crippen LogP) is 1.78. The van der Waals surface area contributed by atoms with E-state index in [-0.39, 0.29) is 23.1 Å². The number of halogens is 2. The Kier molecular flexibility index (Phi) is 5.18. The molecule has 0 aliphatic heterocycles. The number of aliphatic hydroxyl groups excluding tert-OH is 1. The van der Waals surface area contributed by atoms with Crippen molar-refractivity contribution in [3.05, 3.63) is 10.4 Å². The molecule has 0 fully saturated rings. The number of hydrogen-bond donors (Lipinski definition) is 1. The lowest BCUT2D eigenvalue weighted by atomic mass is 10.3. The van der Waals surface area contributed by atoms with Crippen LogP contribution in [-0.4, -0.2) is 39.5 Å². The molecule has 0 spiro atoms. The standard InChI is InChI=1S/C9H14Cl2N4O/c1-6(2)15(4-3-5-16)8-7(10)13-14-9(11)12-8/h6,16H,3-5H2,1-2H3. The monoisotopic (exact) mass is 264 g/mol. The fourth-order valence-electron chi connectivity index (χ4n) is 1.32. The highest BCUT2D eigenvalue weighted by Crippen LogP contribution is 2.23. The third-order valence-corrected chi connectivity index (χ3v) is 2.46. The van der Waals surface area contributed by atoms with Crippen molar-refractivity contribution in [2.45, 2.75) is 26.3 Å². The van der Waals surface area contributed by atoms with E-state index in [1.165, 1.54) is 0 Å². The normalized spacial score (nSPS) is 10.9. The van der Waals surface area contributed by atoms with Gasteiger partial charge in [0.15, 0.2) is 11.0 Å². The second-order valence-corrected chi connectivity index (χ2v) is 4.26. The molecule has 0 atom stereocenters. The van der Waals surface area contributed by atoms with E-state index in [0.29, 0.717) is 18.8 Å². The van der Waals surface area contributed by atoms with Crippen LogP contribution < -0.4 is 4.90 Å². The zero-order valence-corrected chi connectivity index (χ0v) is 10.7. The maximum Gasteiger partial charge on any atom is 0.245 e. The van der Waals surface area contributed by atoms with Crippen molar-refractivity contribution in [3.63, 3.8) is 0 Å². The van der Waals surface area contributed by atoms with Crippen LogP contribution in [-0.2, 0) is 0 Å². The molecule has 0 unspecified atom stereocenters. The van der Waals surface area contributed by atoms with Gasteiger partial charge < -0.3 is 10.0 Å². The average Bonchev–Trinajstić information content (AvgIpc) is 2.23. The molecule has 7 heteroatoms. The maximum atomic E-state index is 8.83. The Hall–Kier alpha value is -0.650. The van der Waals surface area contributed by atoms with E-state index < -0.39 is 0 Å². The second-order valence-electron chi connectivity index (χ2n) is 3.56. The van der Waals surface area contributed by atoms with Gasteiger partial charge in [-0.05, 0) is 31.9 Å². The first-order valence-electron chi connectivity index (χ1n) is 4.99. The number of aliphatic hydroxyl groups is 1. The van der Waals surface area contributed by atoms with Gasteiger partial charge in [-0.25, -0.2) is 0 Å². The molecule has 0 saturated heterocycles. The summed E-state index contributed by atoms with van der Waals surface area (Å²) in [7, 11) is 0. The molecular formula is C9H14Cl2N4O. The predicted molar refractivity (Wildman–Crippen MR) is 64.0 cm³/mol. The molecule has 0 amide bonds. The summed E-state index contributed by atoms with van der Waals surface area (Å²) >= 11 is 11.6. The van der Waals surface area contributed by atoms with Crippen LogP contribution in [0.1, 0.15) is 20.3 Å². The highest BCUT2D eigenvalue weighted by atomic mass is 35.5. The summed E-state index contributed by atoms with van der Waals surface area (Å²) in [5.41, 5.74) is 0. The first-order valence-corrected chi connectivity index (χ1v) is 5.75. The lowest BCUT2D eigenvalue weighted by Crippen LogP contribution is -2.33. The molecule has 0 saturated carbocycles. The smallest absolute Gasteiger partial charge is 0.245 e.